The summed E-state index contributed by atoms with van der Waals surface area (Å²) in [5.41, 5.74) is 2.99. The lowest BCUT2D eigenvalue weighted by atomic mass is 10.0. The van der Waals surface area contributed by atoms with Crippen LogP contribution in [0.2, 0.25) is 0 Å². The number of imidazole rings is 1. The fourth-order valence-corrected chi connectivity index (χ4v) is 4.48. The molecule has 0 aliphatic rings. The van der Waals surface area contributed by atoms with E-state index >= 15 is 0 Å². The summed E-state index contributed by atoms with van der Waals surface area (Å²) in [6.07, 6.45) is 1.57. The van der Waals surface area contributed by atoms with Crippen LogP contribution in [0.15, 0.2) is 70.8 Å². The summed E-state index contributed by atoms with van der Waals surface area (Å²) in [4.78, 5) is 29.0. The maximum Gasteiger partial charge on any atom is 0.305 e. The molecule has 4 rings (SSSR count). The van der Waals surface area contributed by atoms with E-state index in [2.05, 4.69) is 26.2 Å². The Labute approximate surface area is 179 Å². The van der Waals surface area contributed by atoms with Crippen LogP contribution in [0.1, 0.15) is 27.7 Å². The highest BCUT2D eigenvalue weighted by Crippen LogP contribution is 2.29. The Balaban J connectivity index is 1.70. The Kier molecular flexibility index (Phi) is 5.46. The first kappa shape index (κ1) is 19.4. The van der Waals surface area contributed by atoms with Crippen LogP contribution in [0.5, 0.6) is 0 Å². The minimum atomic E-state index is -0.895. The summed E-state index contributed by atoms with van der Waals surface area (Å²) in [5.74, 6) is -1.09. The summed E-state index contributed by atoms with van der Waals surface area (Å²) in [5, 5.41) is 12.3. The number of nitrogens with one attached hydrogen (secondary N) is 1. The summed E-state index contributed by atoms with van der Waals surface area (Å²) in [7, 11) is 0. The number of anilines is 1. The molecular formula is C21H16BrN3O3S. The first-order valence-electron chi connectivity index (χ1n) is 8.81. The minimum absolute atomic E-state index is 0.0741. The molecule has 0 radical (unpaired) electrons. The van der Waals surface area contributed by atoms with Crippen LogP contribution in [0.3, 0.4) is 0 Å². The summed E-state index contributed by atoms with van der Waals surface area (Å²) in [6, 6.07) is 18.1. The number of aromatic nitrogens is 2. The first-order chi connectivity index (χ1) is 14.0. The zero-order chi connectivity index (χ0) is 20.4. The number of benzene rings is 2. The number of carbonyl (C=O) groups is 2. The van der Waals surface area contributed by atoms with Gasteiger partial charge in [-0.25, -0.2) is 4.98 Å². The van der Waals surface area contributed by atoms with Gasteiger partial charge in [-0.2, -0.15) is 0 Å². The number of rotatable bonds is 6. The molecule has 0 aliphatic carbocycles. The second-order valence-corrected chi connectivity index (χ2v) is 8.90. The molecule has 8 heteroatoms. The van der Waals surface area contributed by atoms with E-state index in [1.807, 2.05) is 53.1 Å². The van der Waals surface area contributed by atoms with Gasteiger partial charge in [0.1, 0.15) is 0 Å². The number of carboxylic acids is 1. The predicted molar refractivity (Wildman–Crippen MR) is 117 cm³/mol. The van der Waals surface area contributed by atoms with E-state index in [0.29, 0.717) is 10.6 Å². The van der Waals surface area contributed by atoms with E-state index < -0.39 is 12.0 Å². The molecule has 0 saturated heterocycles. The largest absolute Gasteiger partial charge is 0.481 e. The highest BCUT2D eigenvalue weighted by molar-refractivity contribution is 9.11. The smallest absolute Gasteiger partial charge is 0.305 e. The summed E-state index contributed by atoms with van der Waals surface area (Å²) >= 11 is 4.71. The Hall–Kier alpha value is -2.97. The number of hydrogen-bond donors (Lipinski definition) is 2. The van der Waals surface area contributed by atoms with Crippen molar-refractivity contribution in [3.05, 3.63) is 81.2 Å². The van der Waals surface area contributed by atoms with Crippen LogP contribution in [0.25, 0.3) is 11.0 Å². The van der Waals surface area contributed by atoms with E-state index in [-0.39, 0.29) is 12.3 Å². The lowest BCUT2D eigenvalue weighted by Gasteiger charge is -2.18. The number of fused-ring (bicyclic) bond motifs is 1. The molecule has 1 amide bonds. The number of aliphatic carboxylic acids is 1. The van der Waals surface area contributed by atoms with Gasteiger partial charge in [0.2, 0.25) is 0 Å². The van der Waals surface area contributed by atoms with Crippen LogP contribution >= 0.6 is 27.3 Å². The van der Waals surface area contributed by atoms with Gasteiger partial charge in [-0.1, -0.05) is 30.3 Å². The molecule has 1 atom stereocenters. The molecule has 2 N–H and O–H groups in total. The van der Waals surface area contributed by atoms with Gasteiger partial charge >= 0.3 is 5.97 Å². The van der Waals surface area contributed by atoms with E-state index in [4.69, 9.17) is 0 Å². The van der Waals surface area contributed by atoms with Gasteiger partial charge in [-0.15, -0.1) is 11.3 Å². The monoisotopic (exact) mass is 469 g/mol. The average Bonchev–Trinajstić information content (AvgIpc) is 3.33. The Morgan fingerprint density at radius 2 is 1.93 bits per heavy atom. The van der Waals surface area contributed by atoms with Crippen LogP contribution < -0.4 is 5.32 Å². The maximum atomic E-state index is 12.5. The van der Waals surface area contributed by atoms with Crippen molar-refractivity contribution in [2.75, 3.05) is 5.32 Å². The van der Waals surface area contributed by atoms with Gasteiger partial charge in [0.05, 0.1) is 38.5 Å². The lowest BCUT2D eigenvalue weighted by molar-refractivity contribution is -0.137. The SMILES string of the molecule is O=C(O)CC(c1ccccc1)n1cnc2ccc(NC(=O)c3ccc(Br)s3)cc21. The van der Waals surface area contributed by atoms with Crippen LogP contribution in [0, 0.1) is 0 Å². The zero-order valence-corrected chi connectivity index (χ0v) is 17.5. The summed E-state index contributed by atoms with van der Waals surface area (Å²) in [6.45, 7) is 0. The topological polar surface area (TPSA) is 84.2 Å². The molecule has 2 aromatic heterocycles. The molecule has 4 aromatic rings. The van der Waals surface area contributed by atoms with Crippen molar-refractivity contribution in [1.82, 2.24) is 9.55 Å². The fourth-order valence-electron chi connectivity index (χ4n) is 3.20. The number of carbonyl (C=O) groups excluding carboxylic acids is 1. The third-order valence-corrected chi connectivity index (χ3v) is 6.14. The van der Waals surface area contributed by atoms with Crippen molar-refractivity contribution < 1.29 is 14.7 Å². The highest BCUT2D eigenvalue weighted by Gasteiger charge is 2.20. The molecule has 146 valence electrons. The van der Waals surface area contributed by atoms with E-state index in [0.717, 1.165) is 20.4 Å². The molecule has 0 spiro atoms. The third-order valence-electron chi connectivity index (χ3n) is 4.52. The fraction of sp³-hybridized carbons (Fsp3) is 0.0952. The number of carboxylic acid groups (broad SMARTS) is 1. The Bertz CT molecular complexity index is 1190. The maximum absolute atomic E-state index is 12.5. The second-order valence-electron chi connectivity index (χ2n) is 6.44. The van der Waals surface area contributed by atoms with E-state index in [9.17, 15) is 14.7 Å². The number of halogens is 1. The van der Waals surface area contributed by atoms with Crippen molar-refractivity contribution >= 4 is 55.9 Å². The number of thiophene rings is 1. The average molecular weight is 470 g/mol. The van der Waals surface area contributed by atoms with Crippen LogP contribution in [-0.4, -0.2) is 26.5 Å². The normalized spacial score (nSPS) is 12.0. The summed E-state index contributed by atoms with van der Waals surface area (Å²) < 4.78 is 2.73. The molecule has 0 aliphatic heterocycles. The van der Waals surface area contributed by atoms with Crippen LogP contribution in [-0.2, 0) is 4.79 Å². The molecule has 2 aromatic carbocycles. The molecule has 29 heavy (non-hydrogen) atoms. The van der Waals surface area contributed by atoms with Gasteiger partial charge in [0.25, 0.3) is 5.91 Å². The van der Waals surface area contributed by atoms with Crippen molar-refractivity contribution in [1.29, 1.82) is 0 Å². The Morgan fingerprint density at radius 1 is 1.14 bits per heavy atom. The molecular weight excluding hydrogens is 454 g/mol. The highest BCUT2D eigenvalue weighted by atomic mass is 79.9. The first-order valence-corrected chi connectivity index (χ1v) is 10.4. The molecule has 0 fully saturated rings. The van der Waals surface area contributed by atoms with E-state index in [1.165, 1.54) is 11.3 Å². The molecule has 2 heterocycles. The third kappa shape index (κ3) is 4.23. The molecule has 1 unspecified atom stereocenters. The lowest BCUT2D eigenvalue weighted by Crippen LogP contribution is -2.14. The van der Waals surface area contributed by atoms with Crippen LogP contribution in [0.4, 0.5) is 5.69 Å². The van der Waals surface area contributed by atoms with Gasteiger partial charge < -0.3 is 15.0 Å². The van der Waals surface area contributed by atoms with Gasteiger partial charge in [-0.05, 0) is 51.8 Å². The molecule has 0 bridgehead atoms. The standard InChI is InChI=1S/C21H16BrN3O3S/c22-19-9-8-18(29-19)21(28)24-14-6-7-15-17(10-14)25(12-23-15)16(11-20(26)27)13-4-2-1-3-5-13/h1-10,12,16H,11H2,(H,24,28)(H,26,27). The van der Waals surface area contributed by atoms with Gasteiger partial charge in [0, 0.05) is 5.69 Å². The molecule has 6 nitrogen and oxygen atoms in total. The zero-order valence-electron chi connectivity index (χ0n) is 15.1. The number of amides is 1. The van der Waals surface area contributed by atoms with Gasteiger partial charge in [-0.3, -0.25) is 9.59 Å². The second kappa shape index (κ2) is 8.18. The number of hydrogen-bond acceptors (Lipinski definition) is 4. The number of nitrogens with zero attached hydrogens (tertiary/aromatic N) is 2. The van der Waals surface area contributed by atoms with E-state index in [1.54, 1.807) is 18.5 Å². The van der Waals surface area contributed by atoms with Gasteiger partial charge in [0.15, 0.2) is 0 Å². The van der Waals surface area contributed by atoms with Crippen molar-refractivity contribution in [2.45, 2.75) is 12.5 Å². The Morgan fingerprint density at radius 3 is 2.62 bits per heavy atom. The van der Waals surface area contributed by atoms with Crippen molar-refractivity contribution in [2.24, 2.45) is 0 Å². The molecule has 0 saturated carbocycles. The predicted octanol–water partition coefficient (Wildman–Crippen LogP) is 5.18. The minimum Gasteiger partial charge on any atom is -0.481 e. The van der Waals surface area contributed by atoms with Crippen molar-refractivity contribution in [3.8, 4) is 0 Å². The van der Waals surface area contributed by atoms with Crippen molar-refractivity contribution in [3.63, 3.8) is 0 Å². The quantitative estimate of drug-likeness (QED) is 0.407.